The zero-order valence-corrected chi connectivity index (χ0v) is 18.1. The number of nitrogens with one attached hydrogen (secondary N) is 1. The minimum absolute atomic E-state index is 0. The lowest BCUT2D eigenvalue weighted by atomic mass is 10.1. The summed E-state index contributed by atoms with van der Waals surface area (Å²) in [6.45, 7) is 5.81. The smallest absolute Gasteiger partial charge is 0.193 e. The molecule has 1 aromatic carbocycles. The van der Waals surface area contributed by atoms with Gasteiger partial charge < -0.3 is 19.5 Å². The van der Waals surface area contributed by atoms with Gasteiger partial charge in [0.05, 0.1) is 25.2 Å². The second kappa shape index (κ2) is 10.6. The van der Waals surface area contributed by atoms with E-state index >= 15 is 0 Å². The molecule has 1 N–H and O–H groups in total. The summed E-state index contributed by atoms with van der Waals surface area (Å²) in [6.07, 6.45) is 6.03. The van der Waals surface area contributed by atoms with Crippen molar-refractivity contribution in [3.8, 4) is 5.69 Å². The van der Waals surface area contributed by atoms with Crippen molar-refractivity contribution in [1.82, 2.24) is 19.8 Å². The van der Waals surface area contributed by atoms with Crippen LogP contribution in [0, 0.1) is 11.7 Å². The number of aromatic nitrogens is 2. The molecule has 0 aliphatic carbocycles. The molecule has 1 unspecified atom stereocenters. The van der Waals surface area contributed by atoms with Crippen molar-refractivity contribution in [2.45, 2.75) is 19.9 Å². The topological polar surface area (TPSA) is 54.7 Å². The van der Waals surface area contributed by atoms with Gasteiger partial charge in [-0.2, -0.15) is 0 Å². The number of halogens is 2. The van der Waals surface area contributed by atoms with Crippen LogP contribution < -0.4 is 5.32 Å². The number of benzene rings is 1. The van der Waals surface area contributed by atoms with E-state index < -0.39 is 0 Å². The molecule has 0 saturated carbocycles. The van der Waals surface area contributed by atoms with Crippen LogP contribution in [0.5, 0.6) is 0 Å². The van der Waals surface area contributed by atoms with Crippen LogP contribution in [0.1, 0.15) is 18.9 Å². The number of imidazole rings is 1. The summed E-state index contributed by atoms with van der Waals surface area (Å²) in [5.41, 5.74) is 1.32. The molecule has 0 radical (unpaired) electrons. The summed E-state index contributed by atoms with van der Waals surface area (Å²) in [7, 11) is 2.03. The second-order valence-corrected chi connectivity index (χ2v) is 6.54. The second-order valence-electron chi connectivity index (χ2n) is 6.54. The first-order valence-electron chi connectivity index (χ1n) is 9.01. The first-order chi connectivity index (χ1) is 12.7. The molecule has 0 amide bonds. The van der Waals surface area contributed by atoms with Gasteiger partial charge in [0, 0.05) is 45.1 Å². The molecule has 8 heteroatoms. The molecule has 27 heavy (non-hydrogen) atoms. The van der Waals surface area contributed by atoms with E-state index in [1.165, 1.54) is 6.07 Å². The zero-order chi connectivity index (χ0) is 18.4. The number of guanidine groups is 1. The van der Waals surface area contributed by atoms with E-state index in [9.17, 15) is 4.39 Å². The summed E-state index contributed by atoms with van der Waals surface area (Å²) < 4.78 is 21.5. The molecule has 1 aromatic heterocycles. The average Bonchev–Trinajstić information content (AvgIpc) is 3.32. The molecule has 6 nitrogen and oxygen atoms in total. The van der Waals surface area contributed by atoms with Crippen molar-refractivity contribution in [2.75, 3.05) is 33.4 Å². The molecule has 1 aliphatic rings. The van der Waals surface area contributed by atoms with Gasteiger partial charge >= 0.3 is 0 Å². The number of ether oxygens (including phenoxy) is 1. The summed E-state index contributed by atoms with van der Waals surface area (Å²) in [4.78, 5) is 10.7. The Hall–Kier alpha value is -1.68. The quantitative estimate of drug-likeness (QED) is 0.387. The summed E-state index contributed by atoms with van der Waals surface area (Å²) >= 11 is 0. The van der Waals surface area contributed by atoms with Gasteiger partial charge in [-0.05, 0) is 31.0 Å². The van der Waals surface area contributed by atoms with Crippen molar-refractivity contribution in [3.63, 3.8) is 0 Å². The molecule has 1 fully saturated rings. The molecule has 0 bridgehead atoms. The SMILES string of the molecule is CCNC(=NCc1ccc(-n2ccnc2)c(F)c1)N(C)CC1CCOC1.I. The maximum Gasteiger partial charge on any atom is 0.193 e. The van der Waals surface area contributed by atoms with Gasteiger partial charge in [0.1, 0.15) is 5.82 Å². The monoisotopic (exact) mass is 487 g/mol. The summed E-state index contributed by atoms with van der Waals surface area (Å²) in [5, 5.41) is 3.30. The predicted octanol–water partition coefficient (Wildman–Crippen LogP) is 3.06. The Morgan fingerprint density at radius 2 is 2.33 bits per heavy atom. The fourth-order valence-corrected chi connectivity index (χ4v) is 3.10. The molecule has 2 heterocycles. The molecular formula is C19H27FIN5O. The van der Waals surface area contributed by atoms with E-state index in [1.54, 1.807) is 29.4 Å². The lowest BCUT2D eigenvalue weighted by molar-refractivity contribution is 0.181. The van der Waals surface area contributed by atoms with Crippen molar-refractivity contribution < 1.29 is 9.13 Å². The summed E-state index contributed by atoms with van der Waals surface area (Å²) in [6, 6.07) is 5.19. The van der Waals surface area contributed by atoms with Crippen LogP contribution in [0.15, 0.2) is 41.9 Å². The van der Waals surface area contributed by atoms with E-state index in [1.807, 2.05) is 20.0 Å². The van der Waals surface area contributed by atoms with E-state index in [2.05, 4.69) is 20.2 Å². The number of nitrogens with zero attached hydrogens (tertiary/aromatic N) is 4. The molecule has 1 aliphatic heterocycles. The third-order valence-corrected chi connectivity index (χ3v) is 4.46. The Morgan fingerprint density at radius 1 is 1.48 bits per heavy atom. The zero-order valence-electron chi connectivity index (χ0n) is 15.8. The Kier molecular flexibility index (Phi) is 8.49. The van der Waals surface area contributed by atoms with E-state index in [4.69, 9.17) is 4.74 Å². The maximum atomic E-state index is 14.4. The van der Waals surface area contributed by atoms with Gasteiger partial charge in [-0.1, -0.05) is 6.07 Å². The largest absolute Gasteiger partial charge is 0.381 e. The Balaban J connectivity index is 0.00000261. The van der Waals surface area contributed by atoms with Crippen LogP contribution >= 0.6 is 24.0 Å². The van der Waals surface area contributed by atoms with Gasteiger partial charge in [-0.3, -0.25) is 0 Å². The molecule has 1 atom stereocenters. The molecular weight excluding hydrogens is 460 g/mol. The van der Waals surface area contributed by atoms with Crippen molar-refractivity contribution >= 4 is 29.9 Å². The Bertz CT molecular complexity index is 732. The minimum Gasteiger partial charge on any atom is -0.381 e. The van der Waals surface area contributed by atoms with E-state index in [0.29, 0.717) is 18.2 Å². The summed E-state index contributed by atoms with van der Waals surface area (Å²) in [5.74, 6) is 1.09. The lowest BCUT2D eigenvalue weighted by Gasteiger charge is -2.24. The van der Waals surface area contributed by atoms with Crippen LogP contribution in [0.25, 0.3) is 5.69 Å². The Morgan fingerprint density at radius 3 is 2.96 bits per heavy atom. The fraction of sp³-hybridized carbons (Fsp3) is 0.474. The van der Waals surface area contributed by atoms with Crippen LogP contribution in [0.3, 0.4) is 0 Å². The van der Waals surface area contributed by atoms with E-state index in [-0.39, 0.29) is 29.8 Å². The number of hydrogen-bond donors (Lipinski definition) is 1. The highest BCUT2D eigenvalue weighted by Gasteiger charge is 2.19. The third-order valence-electron chi connectivity index (χ3n) is 4.46. The van der Waals surface area contributed by atoms with Crippen molar-refractivity contribution in [2.24, 2.45) is 10.9 Å². The van der Waals surface area contributed by atoms with E-state index in [0.717, 1.165) is 44.2 Å². The van der Waals surface area contributed by atoms with Gasteiger partial charge in [0.15, 0.2) is 5.96 Å². The highest BCUT2D eigenvalue weighted by molar-refractivity contribution is 14.0. The first-order valence-corrected chi connectivity index (χ1v) is 9.01. The molecule has 2 aromatic rings. The fourth-order valence-electron chi connectivity index (χ4n) is 3.10. The molecule has 0 spiro atoms. The van der Waals surface area contributed by atoms with Gasteiger partial charge in [-0.15, -0.1) is 24.0 Å². The average molecular weight is 487 g/mol. The molecule has 3 rings (SSSR count). The van der Waals surface area contributed by atoms with Gasteiger partial charge in [-0.25, -0.2) is 14.4 Å². The Labute approximate surface area is 176 Å². The van der Waals surface area contributed by atoms with Crippen LogP contribution in [0.2, 0.25) is 0 Å². The molecule has 1 saturated heterocycles. The minimum atomic E-state index is -0.280. The van der Waals surface area contributed by atoms with Gasteiger partial charge in [0.2, 0.25) is 0 Å². The number of rotatable bonds is 6. The normalized spacial score (nSPS) is 16.9. The highest BCUT2D eigenvalue weighted by atomic mass is 127. The van der Waals surface area contributed by atoms with Gasteiger partial charge in [0.25, 0.3) is 0 Å². The van der Waals surface area contributed by atoms with Crippen molar-refractivity contribution in [3.05, 3.63) is 48.3 Å². The predicted molar refractivity (Wildman–Crippen MR) is 115 cm³/mol. The maximum absolute atomic E-state index is 14.4. The molecule has 148 valence electrons. The van der Waals surface area contributed by atoms with Crippen LogP contribution in [-0.2, 0) is 11.3 Å². The number of hydrogen-bond acceptors (Lipinski definition) is 3. The standard InChI is InChI=1S/C19H26FN5O.HI/c1-3-22-19(24(2)12-16-6-9-26-13-16)23-11-15-4-5-18(17(20)10-15)25-8-7-21-14-25;/h4-5,7-8,10,14,16H,3,6,9,11-13H2,1-2H3,(H,22,23);1H. The number of aliphatic imine (C=N–C) groups is 1. The lowest BCUT2D eigenvalue weighted by Crippen LogP contribution is -2.41. The first kappa shape index (κ1) is 21.6. The van der Waals surface area contributed by atoms with Crippen molar-refractivity contribution in [1.29, 1.82) is 0 Å². The third kappa shape index (κ3) is 5.90. The van der Waals surface area contributed by atoms with Crippen LogP contribution in [0.4, 0.5) is 4.39 Å². The highest BCUT2D eigenvalue weighted by Crippen LogP contribution is 2.16. The van der Waals surface area contributed by atoms with Crippen LogP contribution in [-0.4, -0.2) is 53.8 Å².